The van der Waals surface area contributed by atoms with Crippen LogP contribution >= 0.6 is 27.5 Å². The number of nitrogens with one attached hydrogen (secondary N) is 2. The first kappa shape index (κ1) is 16.6. The van der Waals surface area contributed by atoms with E-state index in [4.69, 9.17) is 11.6 Å². The predicted octanol–water partition coefficient (Wildman–Crippen LogP) is 5.77. The highest BCUT2D eigenvalue weighted by atomic mass is 79.9. The number of carbonyl (C=O) groups is 1. The molecule has 2 aromatic carbocycles. The minimum Gasteiger partial charge on any atom is -0.308 e. The molecule has 0 fully saturated rings. The maximum atomic E-state index is 12.6. The van der Waals surface area contributed by atoms with Gasteiger partial charge in [-0.15, -0.1) is 0 Å². The van der Waals surface area contributed by atoms with E-state index in [1.54, 1.807) is 24.3 Å². The summed E-state index contributed by atoms with van der Waals surface area (Å²) >= 11 is 9.05. The Morgan fingerprint density at radius 2 is 1.68 bits per heavy atom. The van der Waals surface area contributed by atoms with Crippen LogP contribution in [0.4, 0.5) is 29.3 Å². The van der Waals surface area contributed by atoms with E-state index in [0.29, 0.717) is 5.69 Å². The largest absolute Gasteiger partial charge is 0.416 e. The zero-order chi connectivity index (χ0) is 16.3. The number of rotatable bonds is 2. The van der Waals surface area contributed by atoms with E-state index in [-0.39, 0.29) is 10.7 Å². The molecular formula is C14H9BrClF3N2O. The van der Waals surface area contributed by atoms with Gasteiger partial charge in [0, 0.05) is 10.2 Å². The van der Waals surface area contributed by atoms with Crippen molar-refractivity contribution in [2.45, 2.75) is 6.18 Å². The van der Waals surface area contributed by atoms with Gasteiger partial charge in [-0.2, -0.15) is 13.2 Å². The lowest BCUT2D eigenvalue weighted by Crippen LogP contribution is -2.20. The Morgan fingerprint density at radius 3 is 2.27 bits per heavy atom. The highest BCUT2D eigenvalue weighted by molar-refractivity contribution is 9.10. The number of alkyl halides is 3. The molecule has 0 saturated carbocycles. The zero-order valence-corrected chi connectivity index (χ0v) is 13.2. The van der Waals surface area contributed by atoms with Gasteiger partial charge in [0.2, 0.25) is 0 Å². The third kappa shape index (κ3) is 4.38. The van der Waals surface area contributed by atoms with Crippen LogP contribution in [0.15, 0.2) is 46.9 Å². The fourth-order valence-electron chi connectivity index (χ4n) is 1.62. The van der Waals surface area contributed by atoms with Gasteiger partial charge < -0.3 is 10.6 Å². The number of halogens is 5. The lowest BCUT2D eigenvalue weighted by Gasteiger charge is -2.12. The molecule has 0 unspecified atom stereocenters. The maximum Gasteiger partial charge on any atom is 0.416 e. The quantitative estimate of drug-likeness (QED) is 0.668. The van der Waals surface area contributed by atoms with Crippen molar-refractivity contribution >= 4 is 44.9 Å². The Hall–Kier alpha value is -1.73. The number of hydrogen-bond acceptors (Lipinski definition) is 1. The van der Waals surface area contributed by atoms with Crippen molar-refractivity contribution < 1.29 is 18.0 Å². The van der Waals surface area contributed by atoms with Crippen LogP contribution in [0.3, 0.4) is 0 Å². The average molecular weight is 394 g/mol. The third-order valence-electron chi connectivity index (χ3n) is 2.64. The molecule has 0 bridgehead atoms. The highest BCUT2D eigenvalue weighted by Gasteiger charge is 2.31. The van der Waals surface area contributed by atoms with Gasteiger partial charge in [0.25, 0.3) is 0 Å². The molecule has 3 nitrogen and oxygen atoms in total. The Labute approximate surface area is 137 Å². The van der Waals surface area contributed by atoms with E-state index in [2.05, 4.69) is 26.6 Å². The maximum absolute atomic E-state index is 12.6. The summed E-state index contributed by atoms with van der Waals surface area (Å²) in [5.74, 6) is 0. The van der Waals surface area contributed by atoms with Gasteiger partial charge >= 0.3 is 12.2 Å². The summed E-state index contributed by atoms with van der Waals surface area (Å²) in [5.41, 5.74) is -0.522. The van der Waals surface area contributed by atoms with Gasteiger partial charge in [-0.25, -0.2) is 4.79 Å². The van der Waals surface area contributed by atoms with E-state index < -0.39 is 17.8 Å². The van der Waals surface area contributed by atoms with Crippen LogP contribution in [0, 0.1) is 0 Å². The summed E-state index contributed by atoms with van der Waals surface area (Å²) < 4.78 is 38.8. The van der Waals surface area contributed by atoms with Crippen LogP contribution in [0.5, 0.6) is 0 Å². The van der Waals surface area contributed by atoms with Crippen molar-refractivity contribution in [1.82, 2.24) is 0 Å². The van der Waals surface area contributed by atoms with Gasteiger partial charge in [-0.1, -0.05) is 27.5 Å². The number of amides is 2. The second-order valence-corrected chi connectivity index (χ2v) is 5.60. The van der Waals surface area contributed by atoms with Crippen LogP contribution in [-0.4, -0.2) is 6.03 Å². The lowest BCUT2D eigenvalue weighted by molar-refractivity contribution is -0.137. The smallest absolute Gasteiger partial charge is 0.308 e. The predicted molar refractivity (Wildman–Crippen MR) is 83.2 cm³/mol. The van der Waals surface area contributed by atoms with E-state index in [1.807, 2.05) is 0 Å². The van der Waals surface area contributed by atoms with Gasteiger partial charge in [0.1, 0.15) is 0 Å². The lowest BCUT2D eigenvalue weighted by atomic mass is 10.2. The topological polar surface area (TPSA) is 41.1 Å². The second kappa shape index (κ2) is 6.58. The molecule has 22 heavy (non-hydrogen) atoms. The number of urea groups is 1. The molecule has 0 saturated heterocycles. The van der Waals surface area contributed by atoms with Crippen LogP contribution in [-0.2, 0) is 6.18 Å². The summed E-state index contributed by atoms with van der Waals surface area (Å²) in [6, 6.07) is 8.72. The first-order valence-electron chi connectivity index (χ1n) is 5.96. The number of benzene rings is 2. The van der Waals surface area contributed by atoms with Crippen molar-refractivity contribution in [2.24, 2.45) is 0 Å². The molecule has 0 aliphatic rings. The molecule has 0 heterocycles. The first-order chi connectivity index (χ1) is 10.3. The van der Waals surface area contributed by atoms with Gasteiger partial charge in [-0.3, -0.25) is 0 Å². The molecule has 0 aliphatic carbocycles. The molecular weight excluding hydrogens is 385 g/mol. The first-order valence-corrected chi connectivity index (χ1v) is 7.13. The fourth-order valence-corrected chi connectivity index (χ4v) is 2.04. The normalized spacial score (nSPS) is 11.1. The van der Waals surface area contributed by atoms with Crippen LogP contribution < -0.4 is 10.6 Å². The number of carbonyl (C=O) groups excluding carboxylic acids is 1. The Kier molecular flexibility index (Phi) is 4.97. The minimum absolute atomic E-state index is 0.0129. The standard InChI is InChI=1S/C14H9BrClF3N2O/c15-9-2-4-10(5-3-9)20-13(22)21-12-7-8(14(17,18)19)1-6-11(12)16/h1-7H,(H2,20,21,22). The Bertz CT molecular complexity index is 689. The molecule has 2 rings (SSSR count). The Morgan fingerprint density at radius 1 is 1.05 bits per heavy atom. The number of hydrogen-bond donors (Lipinski definition) is 2. The van der Waals surface area contributed by atoms with E-state index in [0.717, 1.165) is 22.7 Å². The Balaban J connectivity index is 2.12. The minimum atomic E-state index is -4.51. The van der Waals surface area contributed by atoms with Crippen LogP contribution in [0.1, 0.15) is 5.56 Å². The zero-order valence-electron chi connectivity index (χ0n) is 10.8. The summed E-state index contributed by atoms with van der Waals surface area (Å²) in [6.07, 6.45) is -4.51. The molecule has 2 amide bonds. The molecule has 0 radical (unpaired) electrons. The molecule has 8 heteroatoms. The van der Waals surface area contributed by atoms with Gasteiger partial charge in [0.05, 0.1) is 16.3 Å². The average Bonchev–Trinajstić information content (AvgIpc) is 2.42. The third-order valence-corrected chi connectivity index (χ3v) is 3.50. The molecule has 0 atom stereocenters. The summed E-state index contributed by atoms with van der Waals surface area (Å²) in [6.45, 7) is 0. The summed E-state index contributed by atoms with van der Waals surface area (Å²) in [7, 11) is 0. The van der Waals surface area contributed by atoms with Crippen molar-refractivity contribution in [2.75, 3.05) is 10.6 Å². The highest BCUT2D eigenvalue weighted by Crippen LogP contribution is 2.33. The molecule has 0 aromatic heterocycles. The van der Waals surface area contributed by atoms with Crippen molar-refractivity contribution in [3.63, 3.8) is 0 Å². The van der Waals surface area contributed by atoms with E-state index in [9.17, 15) is 18.0 Å². The van der Waals surface area contributed by atoms with Gasteiger partial charge in [-0.05, 0) is 42.5 Å². The van der Waals surface area contributed by atoms with E-state index >= 15 is 0 Å². The van der Waals surface area contributed by atoms with Crippen molar-refractivity contribution in [1.29, 1.82) is 0 Å². The van der Waals surface area contributed by atoms with Crippen LogP contribution in [0.25, 0.3) is 0 Å². The van der Waals surface area contributed by atoms with E-state index in [1.165, 1.54) is 0 Å². The summed E-state index contributed by atoms with van der Waals surface area (Å²) in [4.78, 5) is 11.8. The monoisotopic (exact) mass is 392 g/mol. The molecule has 116 valence electrons. The SMILES string of the molecule is O=C(Nc1ccc(Br)cc1)Nc1cc(C(F)(F)F)ccc1Cl. The second-order valence-electron chi connectivity index (χ2n) is 4.28. The molecule has 0 aliphatic heterocycles. The fraction of sp³-hybridized carbons (Fsp3) is 0.0714. The van der Waals surface area contributed by atoms with Crippen LogP contribution in [0.2, 0.25) is 5.02 Å². The molecule has 0 spiro atoms. The number of anilines is 2. The summed E-state index contributed by atoms with van der Waals surface area (Å²) in [5, 5.41) is 4.80. The van der Waals surface area contributed by atoms with Gasteiger partial charge in [0.15, 0.2) is 0 Å². The molecule has 2 N–H and O–H groups in total. The van der Waals surface area contributed by atoms with Crippen molar-refractivity contribution in [3.05, 3.63) is 57.5 Å². The van der Waals surface area contributed by atoms with Crippen molar-refractivity contribution in [3.8, 4) is 0 Å². The molecule has 2 aromatic rings.